The molecule has 2 aromatic carbocycles. The van der Waals surface area contributed by atoms with Crippen LogP contribution in [0.25, 0.3) is 10.2 Å². The maximum absolute atomic E-state index is 12.2. The molecule has 1 atom stereocenters. The number of fused-ring (bicyclic) bond motifs is 1. The van der Waals surface area contributed by atoms with Crippen LogP contribution >= 0.6 is 11.3 Å². The van der Waals surface area contributed by atoms with Gasteiger partial charge in [0.15, 0.2) is 5.13 Å². The third kappa shape index (κ3) is 8.44. The molecule has 0 aliphatic heterocycles. The lowest BCUT2D eigenvalue weighted by molar-refractivity contribution is -0.220. The highest BCUT2D eigenvalue weighted by Crippen LogP contribution is 2.29. The summed E-state index contributed by atoms with van der Waals surface area (Å²) in [5.41, 5.74) is 4.04. The van der Waals surface area contributed by atoms with E-state index < -0.39 is 18.4 Å². The van der Waals surface area contributed by atoms with Crippen LogP contribution in [-0.4, -0.2) is 45.0 Å². The quantitative estimate of drug-likeness (QED) is 0.122. The maximum atomic E-state index is 12.2. The van der Waals surface area contributed by atoms with Crippen molar-refractivity contribution >= 4 is 38.5 Å². The van der Waals surface area contributed by atoms with E-state index in [4.69, 9.17) is 0 Å². The lowest BCUT2D eigenvalue weighted by Gasteiger charge is -2.13. The summed E-state index contributed by atoms with van der Waals surface area (Å²) in [6, 6.07) is 18.0. The van der Waals surface area contributed by atoms with Crippen LogP contribution in [0.5, 0.6) is 0 Å². The standard InChI is InChI=1S/C27H28F3N5O3S/c1-2-17-10-11-20-21(14-17)39-26(33-20)35-22-15-19(13-18-7-4-3-5-8-18)32-23(34-22)16-31-12-6-9-24(36)38-25(37)27(28,29)30/h3-5,7-8,10-11,14-15,24,31,36H,2,6,9,12-13,16H2,1H3,(H,32,33,34,35). The zero-order valence-corrected chi connectivity index (χ0v) is 22.0. The average molecular weight is 560 g/mol. The minimum Gasteiger partial charge on any atom is -0.429 e. The maximum Gasteiger partial charge on any atom is 0.491 e. The number of benzene rings is 2. The number of aliphatic hydroxyl groups excluding tert-OH is 1. The molecule has 0 amide bonds. The van der Waals surface area contributed by atoms with E-state index >= 15 is 0 Å². The second kappa shape index (κ2) is 13.0. The molecule has 2 heterocycles. The number of ether oxygens (including phenoxy) is 1. The van der Waals surface area contributed by atoms with E-state index in [0.717, 1.165) is 27.9 Å². The molecule has 0 aliphatic rings. The number of halogens is 3. The van der Waals surface area contributed by atoms with Crippen LogP contribution < -0.4 is 10.6 Å². The highest BCUT2D eigenvalue weighted by molar-refractivity contribution is 7.22. The minimum absolute atomic E-state index is 0.145. The molecular formula is C27H28F3N5O3S. The first-order chi connectivity index (χ1) is 18.7. The Morgan fingerprint density at radius 2 is 1.87 bits per heavy atom. The molecule has 8 nitrogen and oxygen atoms in total. The first kappa shape index (κ1) is 28.4. The first-order valence-corrected chi connectivity index (χ1v) is 13.2. The molecule has 0 aliphatic carbocycles. The molecule has 12 heteroatoms. The van der Waals surface area contributed by atoms with Crippen molar-refractivity contribution < 1.29 is 27.8 Å². The van der Waals surface area contributed by atoms with E-state index in [1.165, 1.54) is 5.56 Å². The van der Waals surface area contributed by atoms with Gasteiger partial charge in [-0.1, -0.05) is 54.7 Å². The van der Waals surface area contributed by atoms with Gasteiger partial charge in [-0.05, 0) is 42.6 Å². The molecule has 0 spiro atoms. The van der Waals surface area contributed by atoms with Gasteiger partial charge in [0.2, 0.25) is 6.29 Å². The topological polar surface area (TPSA) is 109 Å². The predicted molar refractivity (Wildman–Crippen MR) is 143 cm³/mol. The molecule has 0 saturated carbocycles. The minimum atomic E-state index is -5.14. The van der Waals surface area contributed by atoms with Crippen LogP contribution in [0.15, 0.2) is 54.6 Å². The predicted octanol–water partition coefficient (Wildman–Crippen LogP) is 5.28. The fraction of sp³-hybridized carbons (Fsp3) is 0.333. The van der Waals surface area contributed by atoms with Gasteiger partial charge in [-0.25, -0.2) is 19.7 Å². The van der Waals surface area contributed by atoms with Gasteiger partial charge in [-0.3, -0.25) is 0 Å². The van der Waals surface area contributed by atoms with Gasteiger partial charge in [-0.15, -0.1) is 0 Å². The number of hydrogen-bond donors (Lipinski definition) is 3. The van der Waals surface area contributed by atoms with Gasteiger partial charge in [0, 0.05) is 18.9 Å². The number of hydrogen-bond acceptors (Lipinski definition) is 9. The Labute approximate surface area is 227 Å². The summed E-state index contributed by atoms with van der Waals surface area (Å²) in [5.74, 6) is -1.30. The Hall–Kier alpha value is -3.61. The molecule has 0 radical (unpaired) electrons. The van der Waals surface area contributed by atoms with Gasteiger partial charge >= 0.3 is 12.1 Å². The average Bonchev–Trinajstić information content (AvgIpc) is 3.29. The second-order valence-electron chi connectivity index (χ2n) is 8.80. The van der Waals surface area contributed by atoms with Gasteiger partial charge in [0.1, 0.15) is 11.6 Å². The number of carbonyl (C=O) groups is 1. The van der Waals surface area contributed by atoms with Crippen molar-refractivity contribution in [3.8, 4) is 0 Å². The summed E-state index contributed by atoms with van der Waals surface area (Å²) in [4.78, 5) is 24.7. The van der Waals surface area contributed by atoms with E-state index in [9.17, 15) is 23.1 Å². The number of thiazole rings is 1. The lowest BCUT2D eigenvalue weighted by atomic mass is 10.1. The van der Waals surface area contributed by atoms with Crippen LogP contribution in [0.2, 0.25) is 0 Å². The summed E-state index contributed by atoms with van der Waals surface area (Å²) in [7, 11) is 0. The van der Waals surface area contributed by atoms with Crippen molar-refractivity contribution in [2.75, 3.05) is 11.9 Å². The fourth-order valence-electron chi connectivity index (χ4n) is 3.79. The molecule has 206 valence electrons. The third-order valence-electron chi connectivity index (χ3n) is 5.71. The third-order valence-corrected chi connectivity index (χ3v) is 6.65. The van der Waals surface area contributed by atoms with E-state index in [2.05, 4.69) is 49.4 Å². The highest BCUT2D eigenvalue weighted by Gasteiger charge is 2.42. The number of carbonyl (C=O) groups excluding carboxylic acids is 1. The number of alkyl halides is 3. The van der Waals surface area contributed by atoms with Crippen LogP contribution in [0, 0.1) is 0 Å². The summed E-state index contributed by atoms with van der Waals surface area (Å²) >= 11 is 1.54. The summed E-state index contributed by atoms with van der Waals surface area (Å²) in [5, 5.41) is 16.7. The zero-order chi connectivity index (χ0) is 27.8. The van der Waals surface area contributed by atoms with Gasteiger partial charge in [0.05, 0.1) is 22.5 Å². The Kier molecular flexibility index (Phi) is 9.44. The van der Waals surface area contributed by atoms with Crippen molar-refractivity contribution in [1.82, 2.24) is 20.3 Å². The van der Waals surface area contributed by atoms with Crippen LogP contribution in [-0.2, 0) is 28.9 Å². The number of rotatable bonds is 12. The summed E-state index contributed by atoms with van der Waals surface area (Å²) < 4.78 is 41.8. The van der Waals surface area contributed by atoms with Gasteiger partial charge in [0.25, 0.3) is 0 Å². The largest absolute Gasteiger partial charge is 0.491 e. The zero-order valence-electron chi connectivity index (χ0n) is 21.2. The number of esters is 1. The second-order valence-corrected chi connectivity index (χ2v) is 9.83. The molecule has 4 rings (SSSR count). The molecule has 1 unspecified atom stereocenters. The lowest BCUT2D eigenvalue weighted by Crippen LogP contribution is -2.30. The van der Waals surface area contributed by atoms with E-state index in [0.29, 0.717) is 29.7 Å². The van der Waals surface area contributed by atoms with Crippen molar-refractivity contribution in [3.05, 3.63) is 77.2 Å². The molecule has 0 fully saturated rings. The number of nitrogens with one attached hydrogen (secondary N) is 2. The van der Waals surface area contributed by atoms with Crippen molar-refractivity contribution in [1.29, 1.82) is 0 Å². The Bertz CT molecular complexity index is 1400. The fourth-order valence-corrected chi connectivity index (χ4v) is 4.73. The molecule has 0 bridgehead atoms. The number of nitrogens with zero attached hydrogens (tertiary/aromatic N) is 3. The number of aromatic nitrogens is 3. The van der Waals surface area contributed by atoms with E-state index in [-0.39, 0.29) is 19.4 Å². The number of aliphatic hydroxyl groups is 1. The Morgan fingerprint density at radius 3 is 2.62 bits per heavy atom. The highest BCUT2D eigenvalue weighted by atomic mass is 32.1. The van der Waals surface area contributed by atoms with Crippen molar-refractivity contribution in [2.24, 2.45) is 0 Å². The Balaban J connectivity index is 1.40. The first-order valence-electron chi connectivity index (χ1n) is 12.4. The molecule has 0 saturated heterocycles. The van der Waals surface area contributed by atoms with E-state index in [1.54, 1.807) is 11.3 Å². The normalized spacial score (nSPS) is 12.4. The van der Waals surface area contributed by atoms with Crippen molar-refractivity contribution in [3.63, 3.8) is 0 Å². The smallest absolute Gasteiger partial charge is 0.429 e. The van der Waals surface area contributed by atoms with Gasteiger partial charge < -0.3 is 20.5 Å². The molecule has 4 aromatic rings. The Morgan fingerprint density at radius 1 is 1.08 bits per heavy atom. The summed E-state index contributed by atoms with van der Waals surface area (Å²) in [6.45, 7) is 2.74. The summed E-state index contributed by atoms with van der Waals surface area (Å²) in [6.07, 6.45) is -5.30. The van der Waals surface area contributed by atoms with Crippen LogP contribution in [0.1, 0.15) is 42.4 Å². The molecular weight excluding hydrogens is 531 g/mol. The molecule has 3 N–H and O–H groups in total. The van der Waals surface area contributed by atoms with Crippen molar-refractivity contribution in [2.45, 2.75) is 51.6 Å². The molecule has 39 heavy (non-hydrogen) atoms. The molecule has 2 aromatic heterocycles. The van der Waals surface area contributed by atoms with E-state index in [1.807, 2.05) is 42.5 Å². The SMILES string of the molecule is CCc1ccc2nc(Nc3cc(Cc4ccccc4)nc(CNCCCC(O)OC(=O)C(F)(F)F)n3)sc2c1. The van der Waals surface area contributed by atoms with Gasteiger partial charge in [-0.2, -0.15) is 13.2 Å². The van der Waals surface area contributed by atoms with Crippen LogP contribution in [0.4, 0.5) is 24.1 Å². The van der Waals surface area contributed by atoms with Crippen LogP contribution in [0.3, 0.4) is 0 Å². The number of aryl methyl sites for hydroxylation is 1. The number of anilines is 2. The monoisotopic (exact) mass is 559 g/mol.